The lowest BCUT2D eigenvalue weighted by atomic mass is 9.93. The first kappa shape index (κ1) is 16.1. The predicted molar refractivity (Wildman–Crippen MR) is 66.7 cm³/mol. The highest BCUT2D eigenvalue weighted by molar-refractivity contribution is 5.85. The van der Waals surface area contributed by atoms with Crippen LogP contribution in [0.1, 0.15) is 31.9 Å². The molecular formula is C12H18ClF2NO. The van der Waals surface area contributed by atoms with E-state index in [2.05, 4.69) is 4.74 Å². The third-order valence-electron chi connectivity index (χ3n) is 2.73. The lowest BCUT2D eigenvalue weighted by molar-refractivity contribution is -0.0499. The van der Waals surface area contributed by atoms with E-state index in [1.54, 1.807) is 12.1 Å². The van der Waals surface area contributed by atoms with Gasteiger partial charge in [0.05, 0.1) is 0 Å². The topological polar surface area (TPSA) is 35.2 Å². The molecule has 1 unspecified atom stereocenters. The fourth-order valence-electron chi connectivity index (χ4n) is 1.48. The molecule has 0 saturated carbocycles. The Morgan fingerprint density at radius 1 is 1.35 bits per heavy atom. The maximum atomic E-state index is 12.0. The average molecular weight is 266 g/mol. The Bertz CT molecular complexity index is 336. The average Bonchev–Trinajstić information content (AvgIpc) is 2.26. The first-order valence-electron chi connectivity index (χ1n) is 5.35. The van der Waals surface area contributed by atoms with Crippen LogP contribution >= 0.6 is 12.4 Å². The van der Waals surface area contributed by atoms with Crippen molar-refractivity contribution in [2.45, 2.75) is 32.9 Å². The van der Waals surface area contributed by atoms with E-state index in [0.717, 1.165) is 12.0 Å². The van der Waals surface area contributed by atoms with E-state index >= 15 is 0 Å². The van der Waals surface area contributed by atoms with Gasteiger partial charge < -0.3 is 10.5 Å². The molecule has 0 aliphatic heterocycles. The Morgan fingerprint density at radius 2 is 2.00 bits per heavy atom. The van der Waals surface area contributed by atoms with E-state index in [1.165, 1.54) is 6.07 Å². The summed E-state index contributed by atoms with van der Waals surface area (Å²) in [6, 6.07) is 6.43. The first-order chi connectivity index (χ1) is 7.54. The molecular weight excluding hydrogens is 248 g/mol. The molecule has 0 saturated heterocycles. The van der Waals surface area contributed by atoms with Gasteiger partial charge in [0.25, 0.3) is 0 Å². The molecule has 5 heteroatoms. The number of nitrogens with two attached hydrogens (primary N) is 1. The Hall–Kier alpha value is -0.870. The van der Waals surface area contributed by atoms with Gasteiger partial charge in [-0.1, -0.05) is 32.4 Å². The van der Waals surface area contributed by atoms with Crippen molar-refractivity contribution < 1.29 is 13.5 Å². The number of benzene rings is 1. The molecule has 0 aliphatic rings. The molecule has 0 spiro atoms. The molecule has 2 N–H and O–H groups in total. The molecule has 17 heavy (non-hydrogen) atoms. The summed E-state index contributed by atoms with van der Waals surface area (Å²) >= 11 is 0. The summed E-state index contributed by atoms with van der Waals surface area (Å²) in [4.78, 5) is 0. The van der Waals surface area contributed by atoms with Crippen LogP contribution in [0.4, 0.5) is 8.78 Å². The molecule has 0 aromatic heterocycles. The zero-order valence-corrected chi connectivity index (χ0v) is 10.7. The Kier molecular flexibility index (Phi) is 7.07. The van der Waals surface area contributed by atoms with E-state index < -0.39 is 6.61 Å². The van der Waals surface area contributed by atoms with E-state index in [0.29, 0.717) is 5.92 Å². The summed E-state index contributed by atoms with van der Waals surface area (Å²) in [5.41, 5.74) is 6.83. The highest BCUT2D eigenvalue weighted by Gasteiger charge is 2.14. The van der Waals surface area contributed by atoms with Crippen LogP contribution in [0.2, 0.25) is 0 Å². The van der Waals surface area contributed by atoms with E-state index in [-0.39, 0.29) is 24.2 Å². The summed E-state index contributed by atoms with van der Waals surface area (Å²) in [5, 5.41) is 0. The highest BCUT2D eigenvalue weighted by Crippen LogP contribution is 2.25. The minimum absolute atomic E-state index is 0. The van der Waals surface area contributed by atoms with Gasteiger partial charge in [-0.2, -0.15) is 8.78 Å². The fourth-order valence-corrected chi connectivity index (χ4v) is 1.48. The molecule has 1 aromatic rings. The molecule has 2 nitrogen and oxygen atoms in total. The minimum atomic E-state index is -2.80. The van der Waals surface area contributed by atoms with Crippen molar-refractivity contribution >= 4 is 12.4 Å². The molecule has 0 aliphatic carbocycles. The zero-order chi connectivity index (χ0) is 12.1. The quantitative estimate of drug-likeness (QED) is 0.880. The van der Waals surface area contributed by atoms with Crippen LogP contribution in [0.5, 0.6) is 5.75 Å². The normalized spacial score (nSPS) is 14.0. The van der Waals surface area contributed by atoms with Gasteiger partial charge in [-0.15, -0.1) is 12.4 Å². The van der Waals surface area contributed by atoms with E-state index in [1.807, 2.05) is 19.9 Å². The first-order valence-corrected chi connectivity index (χ1v) is 5.35. The van der Waals surface area contributed by atoms with Gasteiger partial charge in [0, 0.05) is 6.04 Å². The Labute approximate surface area is 107 Å². The number of rotatable bonds is 5. The Morgan fingerprint density at radius 3 is 2.53 bits per heavy atom. The van der Waals surface area contributed by atoms with Crippen LogP contribution in [-0.2, 0) is 0 Å². The van der Waals surface area contributed by atoms with Crippen molar-refractivity contribution in [1.29, 1.82) is 0 Å². The number of alkyl halides is 2. The maximum absolute atomic E-state index is 12.0. The molecule has 98 valence electrons. The number of hydrogen-bond acceptors (Lipinski definition) is 2. The second kappa shape index (κ2) is 7.45. The standard InChI is InChI=1S/C12H17F2NO.ClH/c1-3-8(2)11(15)9-5-4-6-10(7-9)16-12(13)14;/h4-8,11-12H,3,15H2,1-2H3;1H/t8?,11-;/m1./s1. The van der Waals surface area contributed by atoms with Crippen LogP contribution in [0, 0.1) is 5.92 Å². The number of halogens is 3. The summed E-state index contributed by atoms with van der Waals surface area (Å²) in [5.74, 6) is 0.466. The van der Waals surface area contributed by atoms with Gasteiger partial charge in [-0.3, -0.25) is 0 Å². The highest BCUT2D eigenvalue weighted by atomic mass is 35.5. The second-order valence-electron chi connectivity index (χ2n) is 3.86. The Balaban J connectivity index is 0.00000256. The molecule has 0 bridgehead atoms. The van der Waals surface area contributed by atoms with Gasteiger partial charge >= 0.3 is 6.61 Å². The van der Waals surface area contributed by atoms with Crippen LogP contribution in [0.15, 0.2) is 24.3 Å². The predicted octanol–water partition coefficient (Wildman–Crippen LogP) is 3.76. The minimum Gasteiger partial charge on any atom is -0.435 e. The smallest absolute Gasteiger partial charge is 0.387 e. The van der Waals surface area contributed by atoms with Crippen LogP contribution in [0.3, 0.4) is 0 Å². The summed E-state index contributed by atoms with van der Waals surface area (Å²) in [6.07, 6.45) is 0.946. The maximum Gasteiger partial charge on any atom is 0.387 e. The van der Waals surface area contributed by atoms with E-state index in [9.17, 15) is 8.78 Å². The summed E-state index contributed by atoms with van der Waals surface area (Å²) in [7, 11) is 0. The van der Waals surface area contributed by atoms with Crippen molar-refractivity contribution in [2.24, 2.45) is 11.7 Å². The molecule has 2 atom stereocenters. The van der Waals surface area contributed by atoms with Crippen LogP contribution in [-0.4, -0.2) is 6.61 Å². The van der Waals surface area contributed by atoms with Crippen molar-refractivity contribution in [3.05, 3.63) is 29.8 Å². The molecule has 0 radical (unpaired) electrons. The third kappa shape index (κ3) is 4.88. The fraction of sp³-hybridized carbons (Fsp3) is 0.500. The van der Waals surface area contributed by atoms with Crippen molar-refractivity contribution in [2.75, 3.05) is 0 Å². The number of ether oxygens (including phenoxy) is 1. The lowest BCUT2D eigenvalue weighted by Gasteiger charge is -2.19. The van der Waals surface area contributed by atoms with E-state index in [4.69, 9.17) is 5.73 Å². The van der Waals surface area contributed by atoms with Gasteiger partial charge in [0.1, 0.15) is 5.75 Å². The molecule has 1 rings (SSSR count). The van der Waals surface area contributed by atoms with Gasteiger partial charge in [0.2, 0.25) is 0 Å². The van der Waals surface area contributed by atoms with Crippen molar-refractivity contribution in [3.63, 3.8) is 0 Å². The van der Waals surface area contributed by atoms with Gasteiger partial charge in [-0.05, 0) is 23.6 Å². The number of hydrogen-bond donors (Lipinski definition) is 1. The van der Waals surface area contributed by atoms with Crippen LogP contribution < -0.4 is 10.5 Å². The van der Waals surface area contributed by atoms with Crippen molar-refractivity contribution in [1.82, 2.24) is 0 Å². The van der Waals surface area contributed by atoms with Crippen molar-refractivity contribution in [3.8, 4) is 5.75 Å². The zero-order valence-electron chi connectivity index (χ0n) is 9.90. The van der Waals surface area contributed by atoms with Gasteiger partial charge in [0.15, 0.2) is 0 Å². The molecule has 0 heterocycles. The van der Waals surface area contributed by atoms with Crippen LogP contribution in [0.25, 0.3) is 0 Å². The second-order valence-corrected chi connectivity index (χ2v) is 3.86. The third-order valence-corrected chi connectivity index (χ3v) is 2.73. The van der Waals surface area contributed by atoms with Gasteiger partial charge in [-0.25, -0.2) is 0 Å². The monoisotopic (exact) mass is 265 g/mol. The lowest BCUT2D eigenvalue weighted by Crippen LogP contribution is -2.18. The SMILES string of the molecule is CCC(C)[C@@H](N)c1cccc(OC(F)F)c1.Cl. The summed E-state index contributed by atoms with van der Waals surface area (Å²) in [6.45, 7) is 1.28. The molecule has 1 aromatic carbocycles. The molecule has 0 amide bonds. The molecule has 0 fully saturated rings. The summed E-state index contributed by atoms with van der Waals surface area (Å²) < 4.78 is 28.4. The largest absolute Gasteiger partial charge is 0.435 e.